The van der Waals surface area contributed by atoms with E-state index in [0.29, 0.717) is 22.9 Å². The fourth-order valence-electron chi connectivity index (χ4n) is 3.19. The average molecular weight is 424 g/mol. The number of carbonyl (C=O) groups excluding carboxylic acids is 1. The van der Waals surface area contributed by atoms with E-state index in [1.54, 1.807) is 36.3 Å². The molecule has 28 heavy (non-hydrogen) atoms. The van der Waals surface area contributed by atoms with Crippen LogP contribution in [0.15, 0.2) is 48.5 Å². The van der Waals surface area contributed by atoms with Gasteiger partial charge in [0.05, 0.1) is 23.6 Å². The molecule has 1 amide bonds. The summed E-state index contributed by atoms with van der Waals surface area (Å²) in [6, 6.07) is 13.9. The summed E-state index contributed by atoms with van der Waals surface area (Å²) < 4.78 is 34.7. The van der Waals surface area contributed by atoms with Gasteiger partial charge in [-0.3, -0.25) is 4.79 Å². The fraction of sp³-hybridized carbons (Fsp3) is 0.350. The van der Waals surface area contributed by atoms with Crippen molar-refractivity contribution in [2.75, 3.05) is 25.2 Å². The Morgan fingerprint density at radius 2 is 2.00 bits per heavy atom. The van der Waals surface area contributed by atoms with Crippen molar-refractivity contribution in [3.63, 3.8) is 0 Å². The third kappa shape index (κ3) is 5.17. The molecule has 1 saturated heterocycles. The van der Waals surface area contributed by atoms with E-state index < -0.39 is 9.84 Å². The molecule has 0 spiro atoms. The number of nitrogens with zero attached hydrogens (tertiary/aromatic N) is 1. The first-order valence-electron chi connectivity index (χ1n) is 8.88. The predicted molar refractivity (Wildman–Crippen MR) is 108 cm³/mol. The molecular formula is C20H22ClNO5S. The number of benzene rings is 2. The minimum absolute atomic E-state index is 0.0329. The summed E-state index contributed by atoms with van der Waals surface area (Å²) >= 11 is 6.07. The fourth-order valence-corrected chi connectivity index (χ4v) is 5.11. The van der Waals surface area contributed by atoms with Gasteiger partial charge < -0.3 is 14.4 Å². The van der Waals surface area contributed by atoms with E-state index in [0.717, 1.165) is 5.56 Å². The molecular weight excluding hydrogens is 402 g/mol. The highest BCUT2D eigenvalue weighted by Gasteiger charge is 2.34. The minimum Gasteiger partial charge on any atom is -0.497 e. The Kier molecular flexibility index (Phi) is 6.46. The van der Waals surface area contributed by atoms with Crippen LogP contribution in [-0.4, -0.2) is 50.5 Å². The number of hydrogen-bond acceptors (Lipinski definition) is 5. The van der Waals surface area contributed by atoms with Crippen LogP contribution in [-0.2, 0) is 21.2 Å². The molecule has 8 heteroatoms. The molecule has 0 aliphatic carbocycles. The SMILES string of the molecule is COc1cccc(CN(C(=O)COc2ccccc2Cl)[C@H]2CCS(=O)(=O)C2)c1. The third-order valence-electron chi connectivity index (χ3n) is 4.64. The molecule has 0 saturated carbocycles. The van der Waals surface area contributed by atoms with Crippen LogP contribution < -0.4 is 9.47 Å². The van der Waals surface area contributed by atoms with E-state index in [2.05, 4.69) is 0 Å². The molecule has 2 aromatic carbocycles. The lowest BCUT2D eigenvalue weighted by Crippen LogP contribution is -2.43. The number of carbonyl (C=O) groups is 1. The Hall–Kier alpha value is -2.25. The maximum atomic E-state index is 12.9. The van der Waals surface area contributed by atoms with Crippen molar-refractivity contribution in [1.29, 1.82) is 0 Å². The number of sulfone groups is 1. The van der Waals surface area contributed by atoms with Crippen LogP contribution in [0.3, 0.4) is 0 Å². The second kappa shape index (κ2) is 8.84. The molecule has 2 aromatic rings. The summed E-state index contributed by atoms with van der Waals surface area (Å²) in [5.74, 6) is 0.860. The Morgan fingerprint density at radius 1 is 1.21 bits per heavy atom. The van der Waals surface area contributed by atoms with Crippen LogP contribution in [0.5, 0.6) is 11.5 Å². The molecule has 6 nitrogen and oxygen atoms in total. The Labute approximate surface area is 169 Å². The van der Waals surface area contributed by atoms with Crippen molar-refractivity contribution in [2.45, 2.75) is 19.0 Å². The van der Waals surface area contributed by atoms with Crippen LogP contribution in [0.2, 0.25) is 5.02 Å². The van der Waals surface area contributed by atoms with Gasteiger partial charge in [0, 0.05) is 12.6 Å². The lowest BCUT2D eigenvalue weighted by Gasteiger charge is -2.28. The lowest BCUT2D eigenvalue weighted by molar-refractivity contribution is -0.136. The van der Waals surface area contributed by atoms with E-state index in [9.17, 15) is 13.2 Å². The van der Waals surface area contributed by atoms with Crippen molar-refractivity contribution >= 4 is 27.3 Å². The first-order chi connectivity index (χ1) is 13.4. The van der Waals surface area contributed by atoms with E-state index in [1.165, 1.54) is 0 Å². The quantitative estimate of drug-likeness (QED) is 0.684. The predicted octanol–water partition coefficient (Wildman–Crippen LogP) is 2.94. The molecule has 150 valence electrons. The van der Waals surface area contributed by atoms with Gasteiger partial charge in [-0.05, 0) is 36.2 Å². The molecule has 0 unspecified atom stereocenters. The second-order valence-electron chi connectivity index (χ2n) is 6.65. The summed E-state index contributed by atoms with van der Waals surface area (Å²) in [6.45, 7) is 0.0619. The number of para-hydroxylation sites is 1. The van der Waals surface area contributed by atoms with E-state index >= 15 is 0 Å². The van der Waals surface area contributed by atoms with Gasteiger partial charge in [-0.2, -0.15) is 0 Å². The molecule has 1 aliphatic heterocycles. The van der Waals surface area contributed by atoms with E-state index in [-0.39, 0.29) is 36.6 Å². The number of amides is 1. The molecule has 1 fully saturated rings. The molecule has 1 atom stereocenters. The van der Waals surface area contributed by atoms with Crippen molar-refractivity contribution in [2.24, 2.45) is 0 Å². The third-order valence-corrected chi connectivity index (χ3v) is 6.71. The summed E-state index contributed by atoms with van der Waals surface area (Å²) in [6.07, 6.45) is 0.421. The maximum absolute atomic E-state index is 12.9. The minimum atomic E-state index is -3.13. The summed E-state index contributed by atoms with van der Waals surface area (Å²) in [7, 11) is -1.56. The number of ether oxygens (including phenoxy) is 2. The molecule has 3 rings (SSSR count). The molecule has 0 aromatic heterocycles. The average Bonchev–Trinajstić information content (AvgIpc) is 3.05. The van der Waals surface area contributed by atoms with Crippen molar-refractivity contribution in [1.82, 2.24) is 4.90 Å². The molecule has 0 N–H and O–H groups in total. The lowest BCUT2D eigenvalue weighted by atomic mass is 10.1. The molecule has 0 radical (unpaired) electrons. The number of halogens is 1. The van der Waals surface area contributed by atoms with E-state index in [1.807, 2.05) is 24.3 Å². The van der Waals surface area contributed by atoms with Gasteiger partial charge in [0.1, 0.15) is 11.5 Å². The van der Waals surface area contributed by atoms with Crippen LogP contribution in [0, 0.1) is 0 Å². The maximum Gasteiger partial charge on any atom is 0.261 e. The highest BCUT2D eigenvalue weighted by molar-refractivity contribution is 7.91. The summed E-state index contributed by atoms with van der Waals surface area (Å²) in [5, 5.41) is 0.415. The van der Waals surface area contributed by atoms with Crippen LogP contribution in [0.25, 0.3) is 0 Å². The summed E-state index contributed by atoms with van der Waals surface area (Å²) in [5.41, 5.74) is 0.856. The Bertz CT molecular complexity index is 947. The first-order valence-corrected chi connectivity index (χ1v) is 11.1. The van der Waals surface area contributed by atoms with Crippen molar-refractivity contribution < 1.29 is 22.7 Å². The van der Waals surface area contributed by atoms with Gasteiger partial charge in [0.15, 0.2) is 16.4 Å². The number of hydrogen-bond donors (Lipinski definition) is 0. The van der Waals surface area contributed by atoms with Gasteiger partial charge >= 0.3 is 0 Å². The smallest absolute Gasteiger partial charge is 0.261 e. The molecule has 1 aliphatic rings. The van der Waals surface area contributed by atoms with Crippen LogP contribution >= 0.6 is 11.6 Å². The van der Waals surface area contributed by atoms with Gasteiger partial charge in [-0.1, -0.05) is 35.9 Å². The van der Waals surface area contributed by atoms with Crippen molar-refractivity contribution in [3.8, 4) is 11.5 Å². The van der Waals surface area contributed by atoms with Crippen molar-refractivity contribution in [3.05, 3.63) is 59.1 Å². The highest BCUT2D eigenvalue weighted by Crippen LogP contribution is 2.25. The Balaban J connectivity index is 1.77. The largest absolute Gasteiger partial charge is 0.497 e. The van der Waals surface area contributed by atoms with Gasteiger partial charge in [0.2, 0.25) is 0 Å². The van der Waals surface area contributed by atoms with Gasteiger partial charge in [0.25, 0.3) is 5.91 Å². The van der Waals surface area contributed by atoms with E-state index in [4.69, 9.17) is 21.1 Å². The normalized spacial score (nSPS) is 17.9. The zero-order valence-corrected chi connectivity index (χ0v) is 17.1. The number of methoxy groups -OCH3 is 1. The Morgan fingerprint density at radius 3 is 2.68 bits per heavy atom. The zero-order valence-electron chi connectivity index (χ0n) is 15.5. The topological polar surface area (TPSA) is 72.9 Å². The number of rotatable bonds is 7. The van der Waals surface area contributed by atoms with Gasteiger partial charge in [-0.25, -0.2) is 8.42 Å². The van der Waals surface area contributed by atoms with Crippen LogP contribution in [0.1, 0.15) is 12.0 Å². The zero-order chi connectivity index (χ0) is 20.1. The van der Waals surface area contributed by atoms with Gasteiger partial charge in [-0.15, -0.1) is 0 Å². The van der Waals surface area contributed by atoms with Crippen LogP contribution in [0.4, 0.5) is 0 Å². The molecule has 0 bridgehead atoms. The second-order valence-corrected chi connectivity index (χ2v) is 9.29. The standard InChI is InChI=1S/C20H22ClNO5S/c1-26-17-6-4-5-15(11-17)12-22(16-9-10-28(24,25)14-16)20(23)13-27-19-8-3-2-7-18(19)21/h2-8,11,16H,9-10,12-14H2,1H3/t16-/m0/s1. The highest BCUT2D eigenvalue weighted by atomic mass is 35.5. The molecule has 1 heterocycles. The monoisotopic (exact) mass is 423 g/mol. The first kappa shape index (κ1) is 20.5. The summed E-state index contributed by atoms with van der Waals surface area (Å²) in [4.78, 5) is 14.5.